The average Bonchev–Trinajstić information content (AvgIpc) is 3.16. The minimum absolute atomic E-state index is 0.0403. The molecule has 0 saturated carbocycles. The summed E-state index contributed by atoms with van der Waals surface area (Å²) in [5.41, 5.74) is 1.55. The molecule has 1 aliphatic rings. The van der Waals surface area contributed by atoms with E-state index >= 15 is 0 Å². The smallest absolute Gasteiger partial charge is 0.278 e. The second kappa shape index (κ2) is 8.33. The number of aryl methyl sites for hydroxylation is 2. The lowest BCUT2D eigenvalue weighted by Crippen LogP contribution is -2.36. The summed E-state index contributed by atoms with van der Waals surface area (Å²) in [6, 6.07) is 14.8. The Morgan fingerprint density at radius 3 is 2.68 bits per heavy atom. The van der Waals surface area contributed by atoms with Crippen molar-refractivity contribution in [3.63, 3.8) is 0 Å². The Bertz CT molecular complexity index is 1290. The number of thiophene rings is 1. The van der Waals surface area contributed by atoms with Gasteiger partial charge in [0.15, 0.2) is 11.5 Å². The minimum Gasteiger partial charge on any atom is -0.504 e. The summed E-state index contributed by atoms with van der Waals surface area (Å²) in [5.74, 6) is -0.911. The predicted octanol–water partition coefficient (Wildman–Crippen LogP) is 4.08. The number of nitrogens with zero attached hydrogens (tertiary/aromatic N) is 2. The summed E-state index contributed by atoms with van der Waals surface area (Å²) in [5, 5.41) is 13.3. The Morgan fingerprint density at radius 2 is 1.94 bits per heavy atom. The number of halogens is 1. The summed E-state index contributed by atoms with van der Waals surface area (Å²) in [6.07, 6.45) is 2.90. The predicted molar refractivity (Wildman–Crippen MR) is 121 cm³/mol. The molecule has 10 heteroatoms. The highest BCUT2D eigenvalue weighted by Crippen LogP contribution is 2.41. The molecule has 3 heterocycles. The molecule has 0 fully saturated rings. The minimum atomic E-state index is -4.02. The zero-order chi connectivity index (χ0) is 22.2. The first-order chi connectivity index (χ1) is 14.8. The van der Waals surface area contributed by atoms with Crippen LogP contribution in [0.5, 0.6) is 0 Å². The SMILES string of the molecule is CN1C(C(=O)Nc2ncccc2CCc2ccccc2)=C(O)c2sc(Cl)cc2S1(=O)=O. The highest BCUT2D eigenvalue weighted by atomic mass is 35.5. The number of amides is 1. The number of anilines is 1. The van der Waals surface area contributed by atoms with Crippen molar-refractivity contribution in [2.75, 3.05) is 12.4 Å². The molecule has 0 aliphatic carbocycles. The molecule has 0 radical (unpaired) electrons. The van der Waals surface area contributed by atoms with E-state index in [1.54, 1.807) is 6.07 Å². The molecule has 31 heavy (non-hydrogen) atoms. The quantitative estimate of drug-likeness (QED) is 0.579. The van der Waals surface area contributed by atoms with E-state index in [1.807, 2.05) is 36.4 Å². The number of carbonyl (C=O) groups excluding carboxylic acids is 1. The number of hydrogen-bond acceptors (Lipinski definition) is 6. The van der Waals surface area contributed by atoms with Crippen LogP contribution in [0, 0.1) is 0 Å². The Labute approximate surface area is 188 Å². The molecule has 7 nitrogen and oxygen atoms in total. The number of aliphatic hydroxyl groups is 1. The van der Waals surface area contributed by atoms with Gasteiger partial charge in [-0.1, -0.05) is 48.0 Å². The van der Waals surface area contributed by atoms with E-state index in [0.29, 0.717) is 12.2 Å². The van der Waals surface area contributed by atoms with Crippen molar-refractivity contribution in [3.05, 3.63) is 80.8 Å². The van der Waals surface area contributed by atoms with E-state index in [9.17, 15) is 18.3 Å². The highest BCUT2D eigenvalue weighted by molar-refractivity contribution is 7.89. The second-order valence-electron chi connectivity index (χ2n) is 6.86. The van der Waals surface area contributed by atoms with Crippen LogP contribution < -0.4 is 5.32 Å². The molecule has 1 aromatic carbocycles. The van der Waals surface area contributed by atoms with Gasteiger partial charge in [0, 0.05) is 13.2 Å². The van der Waals surface area contributed by atoms with Crippen LogP contribution in [-0.2, 0) is 27.7 Å². The first-order valence-corrected chi connectivity index (χ1v) is 11.9. The second-order valence-corrected chi connectivity index (χ2v) is 10.5. The maximum absolute atomic E-state index is 13.0. The molecule has 160 valence electrons. The zero-order valence-electron chi connectivity index (χ0n) is 16.4. The number of aromatic nitrogens is 1. The van der Waals surface area contributed by atoms with Crippen molar-refractivity contribution < 1.29 is 18.3 Å². The first-order valence-electron chi connectivity index (χ1n) is 9.30. The van der Waals surface area contributed by atoms with Gasteiger partial charge in [0.1, 0.15) is 10.7 Å². The molecule has 2 aromatic heterocycles. The molecule has 0 spiro atoms. The first kappa shape index (κ1) is 21.4. The standard InChI is InChI=1S/C21H18ClN3O4S2/c1-25-17(18(26)19-15(31(25,28)29)12-16(22)30-19)21(27)24-20-14(8-5-11-23-20)10-9-13-6-3-2-4-7-13/h2-8,11-12,26H,9-10H2,1H3,(H,23,24,27). The molecule has 0 unspecified atom stereocenters. The molecule has 1 aliphatic heterocycles. The van der Waals surface area contributed by atoms with Crippen molar-refractivity contribution in [1.82, 2.24) is 9.29 Å². The number of hydrogen-bond donors (Lipinski definition) is 2. The summed E-state index contributed by atoms with van der Waals surface area (Å²) < 4.78 is 26.5. The molecule has 3 aromatic rings. The van der Waals surface area contributed by atoms with Gasteiger partial charge in [0.2, 0.25) is 0 Å². The third-order valence-electron chi connectivity index (χ3n) is 4.92. The summed E-state index contributed by atoms with van der Waals surface area (Å²) in [4.78, 5) is 17.2. The molecule has 0 saturated heterocycles. The average molecular weight is 476 g/mol. The lowest BCUT2D eigenvalue weighted by molar-refractivity contribution is -0.113. The van der Waals surface area contributed by atoms with E-state index in [1.165, 1.54) is 19.3 Å². The van der Waals surface area contributed by atoms with Gasteiger partial charge in [-0.05, 0) is 36.1 Å². The monoisotopic (exact) mass is 475 g/mol. The van der Waals surface area contributed by atoms with Crippen LogP contribution in [0.15, 0.2) is 65.3 Å². The molecule has 2 N–H and O–H groups in total. The number of benzene rings is 1. The Morgan fingerprint density at radius 1 is 1.19 bits per heavy atom. The van der Waals surface area contributed by atoms with Crippen molar-refractivity contribution in [1.29, 1.82) is 0 Å². The molecule has 0 atom stereocenters. The number of rotatable bonds is 5. The highest BCUT2D eigenvalue weighted by Gasteiger charge is 2.39. The molecule has 1 amide bonds. The number of likely N-dealkylation sites (N-methyl/N-ethyl adjacent to an activating group) is 1. The van der Waals surface area contributed by atoms with E-state index in [2.05, 4.69) is 10.3 Å². The van der Waals surface area contributed by atoms with Crippen LogP contribution in [0.1, 0.15) is 16.0 Å². The largest absolute Gasteiger partial charge is 0.504 e. The van der Waals surface area contributed by atoms with E-state index in [4.69, 9.17) is 11.6 Å². The van der Waals surface area contributed by atoms with E-state index in [0.717, 1.165) is 33.2 Å². The van der Waals surface area contributed by atoms with Gasteiger partial charge in [0.25, 0.3) is 15.9 Å². The summed E-state index contributed by atoms with van der Waals surface area (Å²) >= 11 is 6.84. The zero-order valence-corrected chi connectivity index (χ0v) is 18.8. The van der Waals surface area contributed by atoms with Crippen molar-refractivity contribution >= 4 is 50.4 Å². The van der Waals surface area contributed by atoms with Crippen LogP contribution in [0.2, 0.25) is 4.34 Å². The van der Waals surface area contributed by atoms with Gasteiger partial charge in [0.05, 0.1) is 9.21 Å². The van der Waals surface area contributed by atoms with E-state index < -0.39 is 21.7 Å². The lowest BCUT2D eigenvalue weighted by Gasteiger charge is -2.26. The maximum atomic E-state index is 13.0. The van der Waals surface area contributed by atoms with Gasteiger partial charge < -0.3 is 10.4 Å². The van der Waals surface area contributed by atoms with Crippen LogP contribution in [0.4, 0.5) is 5.82 Å². The Hall–Kier alpha value is -2.88. The fourth-order valence-electron chi connectivity index (χ4n) is 3.32. The van der Waals surface area contributed by atoms with Gasteiger partial charge in [-0.15, -0.1) is 11.3 Å². The molecule has 0 bridgehead atoms. The van der Waals surface area contributed by atoms with E-state index in [-0.39, 0.29) is 19.8 Å². The van der Waals surface area contributed by atoms with Gasteiger partial charge in [-0.3, -0.25) is 9.10 Å². The Kier molecular flexibility index (Phi) is 5.74. The summed E-state index contributed by atoms with van der Waals surface area (Å²) in [6.45, 7) is 0. The number of sulfonamides is 1. The number of pyridine rings is 1. The van der Waals surface area contributed by atoms with Crippen LogP contribution in [-0.4, -0.2) is 35.8 Å². The van der Waals surface area contributed by atoms with Crippen molar-refractivity contribution in [2.45, 2.75) is 17.7 Å². The Balaban J connectivity index is 1.63. The van der Waals surface area contributed by atoms with Crippen LogP contribution in [0.25, 0.3) is 5.76 Å². The van der Waals surface area contributed by atoms with Crippen LogP contribution >= 0.6 is 22.9 Å². The summed E-state index contributed by atoms with van der Waals surface area (Å²) in [7, 11) is -2.80. The third-order valence-corrected chi connectivity index (χ3v) is 8.11. The maximum Gasteiger partial charge on any atom is 0.278 e. The van der Waals surface area contributed by atoms with Crippen molar-refractivity contribution in [2.24, 2.45) is 0 Å². The topological polar surface area (TPSA) is 99.6 Å². The molecular formula is C21H18ClN3O4S2. The number of fused-ring (bicyclic) bond motifs is 1. The fourth-order valence-corrected chi connectivity index (χ4v) is 6.27. The molecular weight excluding hydrogens is 458 g/mol. The number of nitrogens with one attached hydrogen (secondary N) is 1. The van der Waals surface area contributed by atoms with Gasteiger partial charge in [-0.25, -0.2) is 13.4 Å². The van der Waals surface area contributed by atoms with Gasteiger partial charge in [-0.2, -0.15) is 0 Å². The van der Waals surface area contributed by atoms with Crippen molar-refractivity contribution in [3.8, 4) is 0 Å². The number of aliphatic hydroxyl groups excluding tert-OH is 1. The van der Waals surface area contributed by atoms with Gasteiger partial charge >= 0.3 is 0 Å². The number of carbonyl (C=O) groups is 1. The normalized spacial score (nSPS) is 15.0. The fraction of sp³-hybridized carbons (Fsp3) is 0.143. The third kappa shape index (κ3) is 4.04. The van der Waals surface area contributed by atoms with Crippen LogP contribution in [0.3, 0.4) is 0 Å². The lowest BCUT2D eigenvalue weighted by atomic mass is 10.1. The molecule has 4 rings (SSSR count).